The fraction of sp³-hybridized carbons (Fsp3) is 0.333. The number of fused-ring (bicyclic) bond motifs is 1. The number of hydrogen-bond acceptors (Lipinski definition) is 4. The molecular formula is C18H20O6. The Bertz CT molecular complexity index is 648. The fourth-order valence-corrected chi connectivity index (χ4v) is 2.21. The summed E-state index contributed by atoms with van der Waals surface area (Å²) in [4.78, 5) is 20.9. The summed E-state index contributed by atoms with van der Waals surface area (Å²) in [5.41, 5.74) is 0. The van der Waals surface area contributed by atoms with Crippen molar-refractivity contribution >= 4 is 22.7 Å². The first-order valence-corrected chi connectivity index (χ1v) is 7.77. The van der Waals surface area contributed by atoms with E-state index in [0.29, 0.717) is 37.6 Å². The van der Waals surface area contributed by atoms with Crippen LogP contribution in [0.15, 0.2) is 36.4 Å². The Balaban J connectivity index is 1.90. The molecule has 0 unspecified atom stereocenters. The summed E-state index contributed by atoms with van der Waals surface area (Å²) in [5.74, 6) is -0.257. The highest BCUT2D eigenvalue weighted by atomic mass is 16.5. The van der Waals surface area contributed by atoms with Gasteiger partial charge in [0, 0.05) is 12.8 Å². The molecule has 6 heteroatoms. The van der Waals surface area contributed by atoms with Crippen molar-refractivity contribution in [2.24, 2.45) is 0 Å². The highest BCUT2D eigenvalue weighted by Crippen LogP contribution is 2.25. The number of ether oxygens (including phenoxy) is 2. The van der Waals surface area contributed by atoms with Crippen molar-refractivity contribution in [2.75, 3.05) is 13.2 Å². The van der Waals surface area contributed by atoms with Crippen molar-refractivity contribution in [3.8, 4) is 11.5 Å². The fourth-order valence-electron chi connectivity index (χ4n) is 2.21. The average molecular weight is 332 g/mol. The van der Waals surface area contributed by atoms with Gasteiger partial charge in [-0.1, -0.05) is 12.1 Å². The lowest BCUT2D eigenvalue weighted by atomic mass is 10.1. The number of carbonyl (C=O) groups is 2. The van der Waals surface area contributed by atoms with Crippen LogP contribution in [0, 0.1) is 0 Å². The second-order valence-corrected chi connectivity index (χ2v) is 5.36. The summed E-state index contributed by atoms with van der Waals surface area (Å²) >= 11 is 0. The summed E-state index contributed by atoms with van der Waals surface area (Å²) in [6.07, 6.45) is 1.12. The molecule has 24 heavy (non-hydrogen) atoms. The lowest BCUT2D eigenvalue weighted by Gasteiger charge is -2.09. The maximum atomic E-state index is 10.4. The molecule has 0 saturated heterocycles. The molecule has 0 fully saturated rings. The molecule has 0 aliphatic rings. The van der Waals surface area contributed by atoms with Crippen molar-refractivity contribution < 1.29 is 29.3 Å². The number of rotatable bonds is 10. The van der Waals surface area contributed by atoms with Gasteiger partial charge in [-0.15, -0.1) is 0 Å². The predicted molar refractivity (Wildman–Crippen MR) is 88.7 cm³/mol. The van der Waals surface area contributed by atoms with Crippen LogP contribution in [-0.4, -0.2) is 35.4 Å². The highest BCUT2D eigenvalue weighted by Gasteiger charge is 2.03. The molecule has 0 radical (unpaired) electrons. The van der Waals surface area contributed by atoms with Crippen molar-refractivity contribution in [3.05, 3.63) is 36.4 Å². The van der Waals surface area contributed by atoms with Crippen LogP contribution < -0.4 is 9.47 Å². The molecule has 0 saturated carbocycles. The van der Waals surface area contributed by atoms with E-state index in [1.807, 2.05) is 36.4 Å². The van der Waals surface area contributed by atoms with Crippen LogP contribution in [0.1, 0.15) is 25.7 Å². The van der Waals surface area contributed by atoms with Gasteiger partial charge in [0.2, 0.25) is 0 Å². The van der Waals surface area contributed by atoms with E-state index in [-0.39, 0.29) is 12.8 Å². The van der Waals surface area contributed by atoms with E-state index in [2.05, 4.69) is 0 Å². The molecule has 0 aliphatic heterocycles. The van der Waals surface area contributed by atoms with Crippen LogP contribution in [0.3, 0.4) is 0 Å². The molecule has 0 aromatic heterocycles. The molecule has 2 N–H and O–H groups in total. The van der Waals surface area contributed by atoms with E-state index in [0.717, 1.165) is 10.8 Å². The molecular weight excluding hydrogens is 312 g/mol. The smallest absolute Gasteiger partial charge is 0.303 e. The van der Waals surface area contributed by atoms with Crippen LogP contribution in [0.25, 0.3) is 10.8 Å². The number of benzene rings is 2. The van der Waals surface area contributed by atoms with Crippen molar-refractivity contribution in [1.82, 2.24) is 0 Å². The predicted octanol–water partition coefficient (Wildman–Crippen LogP) is 3.33. The molecule has 2 aromatic rings. The second-order valence-electron chi connectivity index (χ2n) is 5.36. The van der Waals surface area contributed by atoms with Crippen LogP contribution >= 0.6 is 0 Å². The van der Waals surface area contributed by atoms with Gasteiger partial charge in [0.15, 0.2) is 0 Å². The summed E-state index contributed by atoms with van der Waals surface area (Å²) < 4.78 is 11.1. The first-order valence-electron chi connectivity index (χ1n) is 7.77. The molecule has 0 atom stereocenters. The summed E-state index contributed by atoms with van der Waals surface area (Å²) in [7, 11) is 0. The Kier molecular flexibility index (Phi) is 6.42. The second kappa shape index (κ2) is 8.76. The summed E-state index contributed by atoms with van der Waals surface area (Å²) in [5, 5.41) is 19.2. The molecule has 0 amide bonds. The minimum Gasteiger partial charge on any atom is -0.494 e. The van der Waals surface area contributed by atoms with E-state index in [1.165, 1.54) is 0 Å². The van der Waals surface area contributed by atoms with Crippen molar-refractivity contribution in [2.45, 2.75) is 25.7 Å². The summed E-state index contributed by atoms with van der Waals surface area (Å²) in [6.45, 7) is 0.727. The van der Waals surface area contributed by atoms with E-state index in [1.54, 1.807) is 0 Å². The van der Waals surface area contributed by atoms with E-state index < -0.39 is 11.9 Å². The largest absolute Gasteiger partial charge is 0.494 e. The Morgan fingerprint density at radius 2 is 1.17 bits per heavy atom. The Labute approximate surface area is 139 Å². The SMILES string of the molecule is O=C(O)CCCOc1ccc2cc(OCCCC(=O)O)ccc2c1. The Morgan fingerprint density at radius 3 is 1.54 bits per heavy atom. The van der Waals surface area contributed by atoms with Gasteiger partial charge < -0.3 is 19.7 Å². The van der Waals surface area contributed by atoms with E-state index in [4.69, 9.17) is 19.7 Å². The zero-order chi connectivity index (χ0) is 17.4. The van der Waals surface area contributed by atoms with Gasteiger partial charge in [0.05, 0.1) is 13.2 Å². The minimum absolute atomic E-state index is 0.0934. The monoisotopic (exact) mass is 332 g/mol. The third-order valence-corrected chi connectivity index (χ3v) is 3.39. The van der Waals surface area contributed by atoms with Gasteiger partial charge in [-0.25, -0.2) is 0 Å². The zero-order valence-corrected chi connectivity index (χ0v) is 13.2. The third-order valence-electron chi connectivity index (χ3n) is 3.39. The van der Waals surface area contributed by atoms with E-state index >= 15 is 0 Å². The number of carboxylic acids is 2. The first kappa shape index (κ1) is 17.6. The van der Waals surface area contributed by atoms with Crippen molar-refractivity contribution in [1.29, 1.82) is 0 Å². The van der Waals surface area contributed by atoms with Gasteiger partial charge in [-0.05, 0) is 47.9 Å². The highest BCUT2D eigenvalue weighted by molar-refractivity contribution is 5.85. The standard InChI is InChI=1S/C18H20O6/c19-17(20)3-1-9-23-15-7-5-14-12-16(8-6-13(14)11-15)24-10-2-4-18(21)22/h5-8,11-12H,1-4,9-10H2,(H,19,20)(H,21,22). The molecule has 0 bridgehead atoms. The first-order chi connectivity index (χ1) is 11.5. The maximum Gasteiger partial charge on any atom is 0.303 e. The Morgan fingerprint density at radius 1 is 0.750 bits per heavy atom. The molecule has 2 aromatic carbocycles. The van der Waals surface area contributed by atoms with Gasteiger partial charge in [-0.3, -0.25) is 9.59 Å². The van der Waals surface area contributed by atoms with Crippen molar-refractivity contribution in [3.63, 3.8) is 0 Å². The number of hydrogen-bond donors (Lipinski definition) is 2. The van der Waals surface area contributed by atoms with Crippen LogP contribution in [-0.2, 0) is 9.59 Å². The molecule has 2 rings (SSSR count). The van der Waals surface area contributed by atoms with Gasteiger partial charge in [-0.2, -0.15) is 0 Å². The van der Waals surface area contributed by atoms with Gasteiger partial charge in [0.25, 0.3) is 0 Å². The molecule has 0 heterocycles. The molecule has 0 spiro atoms. The Hall–Kier alpha value is -2.76. The lowest BCUT2D eigenvalue weighted by molar-refractivity contribution is -0.138. The number of aliphatic carboxylic acids is 2. The summed E-state index contributed by atoms with van der Waals surface area (Å²) in [6, 6.07) is 11.3. The normalized spacial score (nSPS) is 10.5. The molecule has 128 valence electrons. The van der Waals surface area contributed by atoms with Crippen LogP contribution in [0.2, 0.25) is 0 Å². The topological polar surface area (TPSA) is 93.1 Å². The maximum absolute atomic E-state index is 10.4. The lowest BCUT2D eigenvalue weighted by Crippen LogP contribution is -2.02. The third kappa shape index (κ3) is 5.79. The molecule has 6 nitrogen and oxygen atoms in total. The average Bonchev–Trinajstić information content (AvgIpc) is 2.55. The van der Waals surface area contributed by atoms with Crippen LogP contribution in [0.4, 0.5) is 0 Å². The number of carboxylic acid groups (broad SMARTS) is 2. The zero-order valence-electron chi connectivity index (χ0n) is 13.2. The van der Waals surface area contributed by atoms with Gasteiger partial charge >= 0.3 is 11.9 Å². The minimum atomic E-state index is -0.826. The quantitative estimate of drug-likeness (QED) is 0.648. The van der Waals surface area contributed by atoms with Gasteiger partial charge in [0.1, 0.15) is 11.5 Å². The van der Waals surface area contributed by atoms with E-state index in [9.17, 15) is 9.59 Å². The molecule has 0 aliphatic carbocycles. The van der Waals surface area contributed by atoms with Crippen LogP contribution in [0.5, 0.6) is 11.5 Å².